The number of aryl methyl sites for hydroxylation is 2. The number of nitrogens with one attached hydrogen (secondary N) is 1. The quantitative estimate of drug-likeness (QED) is 0.707. The number of piperidine rings is 1. The van der Waals surface area contributed by atoms with Crippen molar-refractivity contribution in [2.45, 2.75) is 32.7 Å². The minimum atomic E-state index is -0.360. The number of carbonyl (C=O) groups excluding carboxylic acids is 2. The van der Waals surface area contributed by atoms with Crippen molar-refractivity contribution in [1.82, 2.24) is 15.4 Å². The number of hydrogen-bond acceptors (Lipinski definition) is 5. The molecule has 3 aromatic rings. The van der Waals surface area contributed by atoms with Crippen molar-refractivity contribution in [2.24, 2.45) is 0 Å². The minimum absolute atomic E-state index is 0.0359. The number of halogens is 1. The van der Waals surface area contributed by atoms with Crippen LogP contribution in [0.25, 0.3) is 11.3 Å². The van der Waals surface area contributed by atoms with E-state index in [-0.39, 0.29) is 23.7 Å². The van der Waals surface area contributed by atoms with E-state index in [9.17, 15) is 14.0 Å². The van der Waals surface area contributed by atoms with Gasteiger partial charge in [0.1, 0.15) is 22.8 Å². The van der Waals surface area contributed by atoms with E-state index < -0.39 is 0 Å². The van der Waals surface area contributed by atoms with Crippen LogP contribution in [0, 0.1) is 19.7 Å². The lowest BCUT2D eigenvalue weighted by atomic mass is 10.0. The van der Waals surface area contributed by atoms with Gasteiger partial charge < -0.3 is 19.2 Å². The highest BCUT2D eigenvalue weighted by molar-refractivity contribution is 6.00. The molecule has 3 heterocycles. The van der Waals surface area contributed by atoms with Crippen LogP contribution in [0.2, 0.25) is 0 Å². The highest BCUT2D eigenvalue weighted by Crippen LogP contribution is 2.27. The van der Waals surface area contributed by atoms with Gasteiger partial charge in [0.2, 0.25) is 0 Å². The molecule has 0 unspecified atom stereocenters. The van der Waals surface area contributed by atoms with Gasteiger partial charge in [-0.15, -0.1) is 0 Å². The highest BCUT2D eigenvalue weighted by Gasteiger charge is 2.30. The van der Waals surface area contributed by atoms with Gasteiger partial charge in [-0.1, -0.05) is 5.16 Å². The van der Waals surface area contributed by atoms with E-state index in [1.807, 2.05) is 6.92 Å². The molecule has 0 bridgehead atoms. The molecule has 1 aliphatic rings. The molecule has 4 rings (SSSR count). The minimum Gasteiger partial charge on any atom is -0.459 e. The smallest absolute Gasteiger partial charge is 0.287 e. The van der Waals surface area contributed by atoms with E-state index in [1.165, 1.54) is 18.4 Å². The Labute approximate surface area is 172 Å². The molecule has 1 aliphatic heterocycles. The molecule has 30 heavy (non-hydrogen) atoms. The summed E-state index contributed by atoms with van der Waals surface area (Å²) in [4.78, 5) is 27.2. The molecular formula is C22H22FN3O4. The summed E-state index contributed by atoms with van der Waals surface area (Å²) in [5.41, 5.74) is 2.19. The Morgan fingerprint density at radius 3 is 2.47 bits per heavy atom. The highest BCUT2D eigenvalue weighted by atomic mass is 19.1. The number of likely N-dealkylation sites (tertiary alicyclic amines) is 1. The summed E-state index contributed by atoms with van der Waals surface area (Å²) >= 11 is 0. The van der Waals surface area contributed by atoms with Crippen LogP contribution in [0.1, 0.15) is 45.1 Å². The van der Waals surface area contributed by atoms with Crippen LogP contribution in [0.15, 0.2) is 45.5 Å². The van der Waals surface area contributed by atoms with Gasteiger partial charge in [-0.25, -0.2) is 4.39 Å². The molecule has 2 aromatic heterocycles. The van der Waals surface area contributed by atoms with Crippen LogP contribution in [-0.2, 0) is 0 Å². The topological polar surface area (TPSA) is 88.6 Å². The van der Waals surface area contributed by atoms with E-state index in [0.717, 1.165) is 5.56 Å². The van der Waals surface area contributed by atoms with E-state index in [2.05, 4.69) is 10.5 Å². The Kier molecular flexibility index (Phi) is 5.39. The summed E-state index contributed by atoms with van der Waals surface area (Å²) in [6.45, 7) is 4.49. The van der Waals surface area contributed by atoms with Crippen LogP contribution in [0.4, 0.5) is 4.39 Å². The molecule has 1 N–H and O–H groups in total. The Balaban J connectivity index is 1.43. The maximum atomic E-state index is 13.2. The van der Waals surface area contributed by atoms with Crippen LogP contribution in [0.3, 0.4) is 0 Å². The Morgan fingerprint density at radius 2 is 1.83 bits per heavy atom. The number of rotatable bonds is 4. The van der Waals surface area contributed by atoms with Gasteiger partial charge in [0.15, 0.2) is 5.76 Å². The molecule has 156 valence electrons. The molecule has 0 spiro atoms. The first-order chi connectivity index (χ1) is 14.4. The third kappa shape index (κ3) is 3.85. The standard InChI is InChI=1S/C22H22FN3O4/c1-13-9-12-29-20(13)21(27)24-17-7-10-26(11-8-17)22(28)18-14(2)30-25-19(18)15-3-5-16(23)6-4-15/h3-6,9,12,17H,7-8,10-11H2,1-2H3,(H,24,27). The van der Waals surface area contributed by atoms with Gasteiger partial charge in [-0.05, 0) is 57.0 Å². The maximum absolute atomic E-state index is 13.2. The molecule has 0 aliphatic carbocycles. The second-order valence-corrected chi connectivity index (χ2v) is 7.44. The SMILES string of the molecule is Cc1ccoc1C(=O)NC1CCN(C(=O)c2c(-c3ccc(F)cc3)noc2C)CC1. The fraction of sp³-hybridized carbons (Fsp3) is 0.318. The Hall–Kier alpha value is -3.42. The van der Waals surface area contributed by atoms with Crippen LogP contribution in [-0.4, -0.2) is 41.0 Å². The van der Waals surface area contributed by atoms with E-state index >= 15 is 0 Å². The molecule has 2 amide bonds. The van der Waals surface area contributed by atoms with Crippen molar-refractivity contribution in [1.29, 1.82) is 0 Å². The molecule has 1 aromatic carbocycles. The predicted molar refractivity (Wildman–Crippen MR) is 106 cm³/mol. The molecule has 0 saturated carbocycles. The molecular weight excluding hydrogens is 389 g/mol. The van der Waals surface area contributed by atoms with E-state index in [1.54, 1.807) is 30.0 Å². The van der Waals surface area contributed by atoms with Gasteiger partial charge in [0.05, 0.1) is 6.26 Å². The first kappa shape index (κ1) is 19.9. The van der Waals surface area contributed by atoms with Crippen molar-refractivity contribution >= 4 is 11.8 Å². The fourth-order valence-corrected chi connectivity index (χ4v) is 3.67. The van der Waals surface area contributed by atoms with Gasteiger partial charge in [-0.3, -0.25) is 9.59 Å². The average Bonchev–Trinajstić information content (AvgIpc) is 3.34. The van der Waals surface area contributed by atoms with Crippen LogP contribution >= 0.6 is 0 Å². The molecule has 8 heteroatoms. The lowest BCUT2D eigenvalue weighted by molar-refractivity contribution is 0.0694. The first-order valence-electron chi connectivity index (χ1n) is 9.80. The second kappa shape index (κ2) is 8.14. The average molecular weight is 411 g/mol. The zero-order valence-corrected chi connectivity index (χ0v) is 16.8. The molecule has 0 radical (unpaired) electrons. The van der Waals surface area contributed by atoms with Crippen molar-refractivity contribution in [3.05, 3.63) is 65.1 Å². The summed E-state index contributed by atoms with van der Waals surface area (Å²) < 4.78 is 23.7. The van der Waals surface area contributed by atoms with Crippen molar-refractivity contribution in [2.75, 3.05) is 13.1 Å². The maximum Gasteiger partial charge on any atom is 0.287 e. The largest absolute Gasteiger partial charge is 0.459 e. The fourth-order valence-electron chi connectivity index (χ4n) is 3.67. The van der Waals surface area contributed by atoms with Gasteiger partial charge in [0, 0.05) is 30.3 Å². The number of benzene rings is 1. The number of aromatic nitrogens is 1. The summed E-state index contributed by atoms with van der Waals surface area (Å²) in [6, 6.07) is 7.50. The van der Waals surface area contributed by atoms with E-state index in [0.29, 0.717) is 54.3 Å². The summed E-state index contributed by atoms with van der Waals surface area (Å²) in [5, 5.41) is 6.98. The lowest BCUT2D eigenvalue weighted by Gasteiger charge is -2.32. The normalized spacial score (nSPS) is 14.7. The summed E-state index contributed by atoms with van der Waals surface area (Å²) in [6.07, 6.45) is 2.76. The summed E-state index contributed by atoms with van der Waals surface area (Å²) in [7, 11) is 0. The number of hydrogen-bond donors (Lipinski definition) is 1. The lowest BCUT2D eigenvalue weighted by Crippen LogP contribution is -2.46. The van der Waals surface area contributed by atoms with E-state index in [4.69, 9.17) is 8.94 Å². The van der Waals surface area contributed by atoms with Gasteiger partial charge in [0.25, 0.3) is 11.8 Å². The third-order valence-corrected chi connectivity index (χ3v) is 5.38. The third-order valence-electron chi connectivity index (χ3n) is 5.38. The number of nitrogens with zero attached hydrogens (tertiary/aromatic N) is 2. The Bertz CT molecular complexity index is 1060. The van der Waals surface area contributed by atoms with Crippen molar-refractivity contribution < 1.29 is 22.9 Å². The number of amides is 2. The van der Waals surface area contributed by atoms with Crippen LogP contribution in [0.5, 0.6) is 0 Å². The van der Waals surface area contributed by atoms with Gasteiger partial charge >= 0.3 is 0 Å². The predicted octanol–water partition coefficient (Wildman–Crippen LogP) is 3.73. The second-order valence-electron chi connectivity index (χ2n) is 7.44. The number of furan rings is 1. The molecule has 1 fully saturated rings. The number of carbonyl (C=O) groups is 2. The Morgan fingerprint density at radius 1 is 1.13 bits per heavy atom. The first-order valence-corrected chi connectivity index (χ1v) is 9.80. The zero-order chi connectivity index (χ0) is 21.3. The monoisotopic (exact) mass is 411 g/mol. The van der Waals surface area contributed by atoms with Gasteiger partial charge in [-0.2, -0.15) is 0 Å². The van der Waals surface area contributed by atoms with Crippen molar-refractivity contribution in [3.8, 4) is 11.3 Å². The van der Waals surface area contributed by atoms with Crippen LogP contribution < -0.4 is 5.32 Å². The molecule has 7 nitrogen and oxygen atoms in total. The zero-order valence-electron chi connectivity index (χ0n) is 16.8. The van der Waals surface area contributed by atoms with Crippen molar-refractivity contribution in [3.63, 3.8) is 0 Å². The molecule has 1 saturated heterocycles. The molecule has 0 atom stereocenters. The summed E-state index contributed by atoms with van der Waals surface area (Å²) in [5.74, 6) is -0.0447.